The normalized spacial score (nSPS) is 11.3. The van der Waals surface area contributed by atoms with Gasteiger partial charge in [-0.25, -0.2) is 15.0 Å². The van der Waals surface area contributed by atoms with Crippen LogP contribution in [-0.4, -0.2) is 54.2 Å². The van der Waals surface area contributed by atoms with E-state index in [1.54, 1.807) is 12.4 Å². The van der Waals surface area contributed by atoms with Gasteiger partial charge in [-0.15, -0.1) is 0 Å². The first kappa shape index (κ1) is 19.1. The van der Waals surface area contributed by atoms with Gasteiger partial charge in [-0.05, 0) is 30.3 Å². The summed E-state index contributed by atoms with van der Waals surface area (Å²) in [4.78, 5) is 28.0. The Labute approximate surface area is 188 Å². The fourth-order valence-corrected chi connectivity index (χ4v) is 3.82. The Balaban J connectivity index is 1.48. The molecule has 9 heteroatoms. The molecule has 9 nitrogen and oxygen atoms in total. The second-order valence-electron chi connectivity index (χ2n) is 7.88. The highest BCUT2D eigenvalue weighted by molar-refractivity contribution is 5.94. The molecular formula is C24H19N9. The SMILES string of the molecule is CN(C)c1cncc(-c2ccc3[nH]nc(-c4nc5nccc(-c6cccnc6)c5[nH]4)c3n2)c1. The van der Waals surface area contributed by atoms with E-state index < -0.39 is 0 Å². The number of rotatable bonds is 4. The van der Waals surface area contributed by atoms with E-state index in [1.807, 2.05) is 67.9 Å². The molecule has 0 spiro atoms. The van der Waals surface area contributed by atoms with E-state index in [9.17, 15) is 0 Å². The molecule has 0 fully saturated rings. The number of aromatic nitrogens is 8. The molecule has 2 N–H and O–H groups in total. The molecule has 6 aromatic rings. The van der Waals surface area contributed by atoms with Gasteiger partial charge >= 0.3 is 0 Å². The molecule has 0 aromatic carbocycles. The summed E-state index contributed by atoms with van der Waals surface area (Å²) >= 11 is 0. The smallest absolute Gasteiger partial charge is 0.178 e. The number of aromatic amines is 2. The number of nitrogens with one attached hydrogen (secondary N) is 2. The average molecular weight is 433 g/mol. The van der Waals surface area contributed by atoms with Gasteiger partial charge in [0, 0.05) is 55.6 Å². The summed E-state index contributed by atoms with van der Waals surface area (Å²) < 4.78 is 0. The lowest BCUT2D eigenvalue weighted by molar-refractivity contribution is 1.10. The molecule has 6 aromatic heterocycles. The van der Waals surface area contributed by atoms with Crippen molar-refractivity contribution in [2.45, 2.75) is 0 Å². The maximum Gasteiger partial charge on any atom is 0.178 e. The van der Waals surface area contributed by atoms with Crippen LogP contribution < -0.4 is 4.90 Å². The third-order valence-corrected chi connectivity index (χ3v) is 5.53. The minimum atomic E-state index is 0.602. The van der Waals surface area contributed by atoms with Crippen LogP contribution in [0.2, 0.25) is 0 Å². The van der Waals surface area contributed by atoms with Crippen molar-refractivity contribution in [3.8, 4) is 33.9 Å². The van der Waals surface area contributed by atoms with Crippen molar-refractivity contribution in [3.05, 3.63) is 67.4 Å². The molecule has 33 heavy (non-hydrogen) atoms. The third kappa shape index (κ3) is 3.26. The van der Waals surface area contributed by atoms with Gasteiger partial charge in [0.2, 0.25) is 0 Å². The molecule has 6 rings (SSSR count). The summed E-state index contributed by atoms with van der Waals surface area (Å²) in [5.74, 6) is 0.602. The zero-order valence-electron chi connectivity index (χ0n) is 18.0. The zero-order chi connectivity index (χ0) is 22.4. The Morgan fingerprint density at radius 2 is 1.79 bits per heavy atom. The quantitative estimate of drug-likeness (QED) is 0.431. The van der Waals surface area contributed by atoms with E-state index in [0.29, 0.717) is 17.2 Å². The number of fused-ring (bicyclic) bond motifs is 2. The second kappa shape index (κ2) is 7.49. The van der Waals surface area contributed by atoms with Crippen LogP contribution in [0.1, 0.15) is 0 Å². The molecule has 6 heterocycles. The topological polar surface area (TPSA) is 112 Å². The van der Waals surface area contributed by atoms with Crippen LogP contribution in [0, 0.1) is 0 Å². The van der Waals surface area contributed by atoms with Crippen molar-refractivity contribution < 1.29 is 0 Å². The molecule has 160 valence electrons. The largest absolute Gasteiger partial charge is 0.376 e. The first-order chi connectivity index (χ1) is 16.2. The summed E-state index contributed by atoms with van der Waals surface area (Å²) in [6, 6.07) is 11.9. The Bertz CT molecular complexity index is 1600. The van der Waals surface area contributed by atoms with Gasteiger partial charge in [0.1, 0.15) is 5.52 Å². The highest BCUT2D eigenvalue weighted by Gasteiger charge is 2.17. The summed E-state index contributed by atoms with van der Waals surface area (Å²) in [5, 5.41) is 7.56. The third-order valence-electron chi connectivity index (χ3n) is 5.53. The minimum Gasteiger partial charge on any atom is -0.376 e. The maximum atomic E-state index is 4.89. The van der Waals surface area contributed by atoms with Gasteiger partial charge in [0.25, 0.3) is 0 Å². The van der Waals surface area contributed by atoms with Gasteiger partial charge in [-0.1, -0.05) is 6.07 Å². The summed E-state index contributed by atoms with van der Waals surface area (Å²) in [5.41, 5.74) is 8.35. The van der Waals surface area contributed by atoms with E-state index in [2.05, 4.69) is 36.2 Å². The Kier molecular flexibility index (Phi) is 4.32. The number of pyridine rings is 4. The van der Waals surface area contributed by atoms with Crippen molar-refractivity contribution in [1.82, 2.24) is 40.1 Å². The highest BCUT2D eigenvalue weighted by atomic mass is 15.2. The predicted octanol–water partition coefficient (Wildman–Crippen LogP) is 4.09. The lowest BCUT2D eigenvalue weighted by Crippen LogP contribution is -2.08. The van der Waals surface area contributed by atoms with Crippen molar-refractivity contribution in [3.63, 3.8) is 0 Å². The monoisotopic (exact) mass is 433 g/mol. The van der Waals surface area contributed by atoms with E-state index in [1.165, 1.54) is 0 Å². The standard InChI is InChI=1S/C24H19N9/c1-33(2)16-10-15(12-26-13-16)18-5-6-19-21(28-18)22(32-31-19)24-29-20-17(7-9-27-23(20)30-24)14-4-3-8-25-11-14/h3-13H,1-2H3,(H,31,32)(H,27,29,30). The molecule has 0 amide bonds. The van der Waals surface area contributed by atoms with Crippen LogP contribution in [-0.2, 0) is 0 Å². The predicted molar refractivity (Wildman–Crippen MR) is 128 cm³/mol. The zero-order valence-corrected chi connectivity index (χ0v) is 18.0. The van der Waals surface area contributed by atoms with Crippen molar-refractivity contribution in [2.75, 3.05) is 19.0 Å². The summed E-state index contributed by atoms with van der Waals surface area (Å²) in [6.45, 7) is 0. The van der Waals surface area contributed by atoms with Crippen LogP contribution in [0.3, 0.4) is 0 Å². The van der Waals surface area contributed by atoms with E-state index in [0.717, 1.165) is 44.6 Å². The molecule has 0 aliphatic heterocycles. The van der Waals surface area contributed by atoms with Gasteiger partial charge in [0.15, 0.2) is 17.2 Å². The molecule has 0 saturated heterocycles. The van der Waals surface area contributed by atoms with Crippen molar-refractivity contribution >= 4 is 27.9 Å². The Hall–Kier alpha value is -4.66. The first-order valence-electron chi connectivity index (χ1n) is 10.4. The summed E-state index contributed by atoms with van der Waals surface area (Å²) in [6.07, 6.45) is 8.96. The van der Waals surface area contributed by atoms with E-state index in [4.69, 9.17) is 9.97 Å². The molecule has 0 aliphatic rings. The molecule has 0 atom stereocenters. The van der Waals surface area contributed by atoms with Crippen molar-refractivity contribution in [2.24, 2.45) is 0 Å². The second-order valence-corrected chi connectivity index (χ2v) is 7.88. The Morgan fingerprint density at radius 1 is 0.879 bits per heavy atom. The van der Waals surface area contributed by atoms with Gasteiger partial charge in [-0.2, -0.15) is 5.10 Å². The van der Waals surface area contributed by atoms with Crippen LogP contribution >= 0.6 is 0 Å². The van der Waals surface area contributed by atoms with Gasteiger partial charge < -0.3 is 9.88 Å². The van der Waals surface area contributed by atoms with Crippen LogP contribution in [0.25, 0.3) is 56.1 Å². The number of anilines is 1. The fraction of sp³-hybridized carbons (Fsp3) is 0.0833. The maximum absolute atomic E-state index is 4.89. The minimum absolute atomic E-state index is 0.602. The molecule has 0 aliphatic carbocycles. The van der Waals surface area contributed by atoms with Crippen LogP contribution in [0.15, 0.2) is 67.4 Å². The number of hydrogen-bond donors (Lipinski definition) is 2. The number of imidazole rings is 1. The fourth-order valence-electron chi connectivity index (χ4n) is 3.82. The van der Waals surface area contributed by atoms with E-state index >= 15 is 0 Å². The molecule has 0 radical (unpaired) electrons. The molecule has 0 bridgehead atoms. The molecular weight excluding hydrogens is 414 g/mol. The highest BCUT2D eigenvalue weighted by Crippen LogP contribution is 2.31. The lowest BCUT2D eigenvalue weighted by atomic mass is 10.1. The number of hydrogen-bond acceptors (Lipinski definition) is 7. The van der Waals surface area contributed by atoms with E-state index in [-0.39, 0.29) is 0 Å². The van der Waals surface area contributed by atoms with Crippen molar-refractivity contribution in [1.29, 1.82) is 0 Å². The number of nitrogens with zero attached hydrogens (tertiary/aromatic N) is 7. The number of H-pyrrole nitrogens is 2. The van der Waals surface area contributed by atoms with Crippen LogP contribution in [0.4, 0.5) is 5.69 Å². The average Bonchev–Trinajstić information content (AvgIpc) is 3.48. The van der Waals surface area contributed by atoms with Gasteiger partial charge in [0.05, 0.1) is 28.6 Å². The van der Waals surface area contributed by atoms with Crippen LogP contribution in [0.5, 0.6) is 0 Å². The first-order valence-corrected chi connectivity index (χ1v) is 10.4. The Morgan fingerprint density at radius 3 is 2.64 bits per heavy atom. The lowest BCUT2D eigenvalue weighted by Gasteiger charge is -2.12. The molecule has 0 unspecified atom stereocenters. The molecule has 0 saturated carbocycles. The summed E-state index contributed by atoms with van der Waals surface area (Å²) in [7, 11) is 3.97. The van der Waals surface area contributed by atoms with Gasteiger partial charge in [-0.3, -0.25) is 15.1 Å².